The first-order valence-electron chi connectivity index (χ1n) is 8.13. The average Bonchev–Trinajstić information content (AvgIpc) is 2.89. The molecule has 0 fully saturated rings. The summed E-state index contributed by atoms with van der Waals surface area (Å²) in [5.74, 6) is -0.704. The van der Waals surface area contributed by atoms with Gasteiger partial charge in [-0.3, -0.25) is 0 Å². The number of fused-ring (bicyclic) bond motifs is 3. The van der Waals surface area contributed by atoms with Gasteiger partial charge in [-0.05, 0) is 49.4 Å². The molecule has 0 spiro atoms. The highest BCUT2D eigenvalue weighted by Gasteiger charge is 2.23. The van der Waals surface area contributed by atoms with Crippen molar-refractivity contribution in [2.75, 3.05) is 12.3 Å². The number of anilines is 1. The highest BCUT2D eigenvalue weighted by Crippen LogP contribution is 2.30. The van der Waals surface area contributed by atoms with Crippen molar-refractivity contribution in [2.24, 2.45) is 0 Å². The van der Waals surface area contributed by atoms with E-state index in [0.29, 0.717) is 5.52 Å². The number of ether oxygens (including phenoxy) is 1. The van der Waals surface area contributed by atoms with Crippen LogP contribution in [-0.2, 0) is 11.2 Å². The lowest BCUT2D eigenvalue weighted by molar-refractivity contribution is 0.0530. The second-order valence-corrected chi connectivity index (χ2v) is 5.71. The van der Waals surface area contributed by atoms with Gasteiger partial charge in [0.05, 0.1) is 12.1 Å². The fourth-order valence-electron chi connectivity index (χ4n) is 2.94. The third kappa shape index (κ3) is 2.68. The maximum Gasteiger partial charge on any atom is 0.344 e. The van der Waals surface area contributed by atoms with Crippen LogP contribution in [0.3, 0.4) is 0 Å². The average molecular weight is 329 g/mol. The van der Waals surface area contributed by atoms with Gasteiger partial charge in [-0.25, -0.2) is 13.7 Å². The summed E-state index contributed by atoms with van der Waals surface area (Å²) in [5, 5.41) is 5.79. The van der Waals surface area contributed by atoms with Crippen LogP contribution in [0.1, 0.15) is 42.7 Å². The van der Waals surface area contributed by atoms with Crippen LogP contribution in [0.25, 0.3) is 16.3 Å². The van der Waals surface area contributed by atoms with Gasteiger partial charge >= 0.3 is 5.97 Å². The number of carbonyl (C=O) groups excluding carboxylic acids is 1. The fraction of sp³-hybridized carbons (Fsp3) is 0.333. The van der Waals surface area contributed by atoms with E-state index in [4.69, 9.17) is 10.5 Å². The van der Waals surface area contributed by atoms with Crippen LogP contribution in [0.15, 0.2) is 24.3 Å². The Morgan fingerprint density at radius 1 is 1.33 bits per heavy atom. The molecule has 0 saturated heterocycles. The zero-order valence-corrected chi connectivity index (χ0v) is 13.8. The topological polar surface area (TPSA) is 69.6 Å². The van der Waals surface area contributed by atoms with E-state index in [-0.39, 0.29) is 23.8 Å². The molecule has 2 aromatic heterocycles. The molecule has 3 aromatic rings. The summed E-state index contributed by atoms with van der Waals surface area (Å²) in [6.45, 7) is 4.08. The van der Waals surface area contributed by atoms with Crippen molar-refractivity contribution >= 4 is 28.1 Å². The summed E-state index contributed by atoms with van der Waals surface area (Å²) in [6.07, 6.45) is 2.75. The van der Waals surface area contributed by atoms with Crippen molar-refractivity contribution in [1.29, 1.82) is 0 Å². The zero-order valence-electron chi connectivity index (χ0n) is 13.8. The molecule has 2 N–H and O–H groups in total. The number of carbonyl (C=O) groups is 1. The van der Waals surface area contributed by atoms with Crippen LogP contribution < -0.4 is 5.73 Å². The summed E-state index contributed by atoms with van der Waals surface area (Å²) in [6, 6.07) is 6.38. The van der Waals surface area contributed by atoms with Crippen molar-refractivity contribution in [3.63, 3.8) is 0 Å². The molecule has 3 rings (SSSR count). The number of benzene rings is 1. The molecule has 0 aliphatic rings. The monoisotopic (exact) mass is 329 g/mol. The summed E-state index contributed by atoms with van der Waals surface area (Å²) in [7, 11) is 0. The Morgan fingerprint density at radius 2 is 2.12 bits per heavy atom. The van der Waals surface area contributed by atoms with Gasteiger partial charge in [0.15, 0.2) is 5.82 Å². The van der Waals surface area contributed by atoms with Crippen LogP contribution in [0.4, 0.5) is 10.2 Å². The molecule has 6 heteroatoms. The predicted octanol–water partition coefficient (Wildman–Crippen LogP) is 3.73. The Bertz CT molecular complexity index is 918. The third-order valence-corrected chi connectivity index (χ3v) is 4.04. The maximum atomic E-state index is 13.7. The number of nitrogen functional groups attached to an aromatic ring is 1. The van der Waals surface area contributed by atoms with E-state index in [0.717, 1.165) is 35.7 Å². The van der Waals surface area contributed by atoms with Crippen molar-refractivity contribution in [3.05, 3.63) is 41.3 Å². The van der Waals surface area contributed by atoms with E-state index in [1.54, 1.807) is 17.5 Å². The second kappa shape index (κ2) is 6.47. The summed E-state index contributed by atoms with van der Waals surface area (Å²) < 4.78 is 20.5. The van der Waals surface area contributed by atoms with Crippen LogP contribution >= 0.6 is 0 Å². The quantitative estimate of drug-likeness (QED) is 0.724. The number of halogens is 1. The molecule has 2 heterocycles. The molecule has 24 heavy (non-hydrogen) atoms. The first-order chi connectivity index (χ1) is 11.6. The molecular formula is C18H20FN3O2. The molecule has 0 amide bonds. The van der Waals surface area contributed by atoms with E-state index in [1.807, 2.05) is 6.07 Å². The molecular weight excluding hydrogens is 309 g/mol. The molecule has 0 atom stereocenters. The minimum atomic E-state index is -0.511. The van der Waals surface area contributed by atoms with Crippen LogP contribution in [0, 0.1) is 5.82 Å². The van der Waals surface area contributed by atoms with Gasteiger partial charge in [0, 0.05) is 11.1 Å². The Hall–Kier alpha value is -2.63. The minimum absolute atomic E-state index is 0.128. The Labute approximate surface area is 139 Å². The molecule has 0 radical (unpaired) electrons. The largest absolute Gasteiger partial charge is 0.462 e. The zero-order chi connectivity index (χ0) is 17.3. The highest BCUT2D eigenvalue weighted by atomic mass is 19.1. The molecule has 0 saturated carbocycles. The SMILES string of the molecule is CCCCc1cc2cc(F)ccc2c2c(C(=O)OCC)c(N)nn12. The standard InChI is InChI=1S/C18H20FN3O2/c1-3-5-6-13-10-11-9-12(19)7-8-14(11)16-15(18(23)24-4-2)17(20)21-22(13)16/h7-10H,3-6H2,1-2H3,(H2,20,21). The van der Waals surface area contributed by atoms with Crippen molar-refractivity contribution in [3.8, 4) is 0 Å². The van der Waals surface area contributed by atoms with Gasteiger partial charge in [-0.15, -0.1) is 5.10 Å². The Morgan fingerprint density at radius 3 is 2.83 bits per heavy atom. The van der Waals surface area contributed by atoms with E-state index in [2.05, 4.69) is 12.0 Å². The Balaban J connectivity index is 2.36. The first-order valence-corrected chi connectivity index (χ1v) is 8.13. The maximum absolute atomic E-state index is 13.7. The van der Waals surface area contributed by atoms with Gasteiger partial charge < -0.3 is 10.5 Å². The summed E-state index contributed by atoms with van der Waals surface area (Å²) >= 11 is 0. The lowest BCUT2D eigenvalue weighted by Gasteiger charge is -2.09. The first kappa shape index (κ1) is 16.2. The molecule has 0 bridgehead atoms. The van der Waals surface area contributed by atoms with Crippen LogP contribution in [-0.4, -0.2) is 22.2 Å². The molecule has 0 aliphatic heterocycles. The number of hydrogen-bond donors (Lipinski definition) is 1. The van der Waals surface area contributed by atoms with Gasteiger partial charge in [-0.1, -0.05) is 13.3 Å². The number of aromatic nitrogens is 2. The van der Waals surface area contributed by atoms with Crippen molar-refractivity contribution < 1.29 is 13.9 Å². The Kier molecular flexibility index (Phi) is 4.38. The summed E-state index contributed by atoms with van der Waals surface area (Å²) in [5.41, 5.74) is 7.71. The number of rotatable bonds is 5. The van der Waals surface area contributed by atoms with Gasteiger partial charge in [0.1, 0.15) is 11.4 Å². The predicted molar refractivity (Wildman–Crippen MR) is 91.6 cm³/mol. The lowest BCUT2D eigenvalue weighted by Crippen LogP contribution is -2.07. The number of hydrogen-bond acceptors (Lipinski definition) is 4. The number of nitrogens with two attached hydrogens (primary N) is 1. The van der Waals surface area contributed by atoms with Gasteiger partial charge in [0.2, 0.25) is 0 Å². The fourth-order valence-corrected chi connectivity index (χ4v) is 2.94. The van der Waals surface area contributed by atoms with Crippen molar-refractivity contribution in [2.45, 2.75) is 33.1 Å². The van der Waals surface area contributed by atoms with Crippen LogP contribution in [0.2, 0.25) is 0 Å². The van der Waals surface area contributed by atoms with E-state index >= 15 is 0 Å². The number of unbranched alkanes of at least 4 members (excludes halogenated alkanes) is 1. The summed E-state index contributed by atoms with van der Waals surface area (Å²) in [4.78, 5) is 12.3. The normalized spacial score (nSPS) is 11.3. The second-order valence-electron chi connectivity index (χ2n) is 5.71. The van der Waals surface area contributed by atoms with E-state index in [1.165, 1.54) is 12.1 Å². The van der Waals surface area contributed by atoms with Gasteiger partial charge in [-0.2, -0.15) is 0 Å². The van der Waals surface area contributed by atoms with E-state index in [9.17, 15) is 9.18 Å². The minimum Gasteiger partial charge on any atom is -0.462 e. The number of nitrogens with zero attached hydrogens (tertiary/aromatic N) is 2. The van der Waals surface area contributed by atoms with Crippen LogP contribution in [0.5, 0.6) is 0 Å². The smallest absolute Gasteiger partial charge is 0.344 e. The number of esters is 1. The number of aryl methyl sites for hydroxylation is 1. The van der Waals surface area contributed by atoms with E-state index < -0.39 is 5.97 Å². The molecule has 1 aromatic carbocycles. The van der Waals surface area contributed by atoms with Crippen molar-refractivity contribution in [1.82, 2.24) is 9.61 Å². The third-order valence-electron chi connectivity index (χ3n) is 4.04. The lowest BCUT2D eigenvalue weighted by atomic mass is 10.0. The van der Waals surface area contributed by atoms with Gasteiger partial charge in [0.25, 0.3) is 0 Å². The highest BCUT2D eigenvalue weighted by molar-refractivity contribution is 6.10. The molecule has 126 valence electrons. The molecule has 0 unspecified atom stereocenters. The molecule has 5 nitrogen and oxygen atoms in total. The molecule has 0 aliphatic carbocycles. The number of pyridine rings is 1.